The number of nitrogen functional groups attached to an aromatic ring is 1. The van der Waals surface area contributed by atoms with E-state index in [1.54, 1.807) is 12.1 Å². The molecule has 2 aromatic carbocycles. The van der Waals surface area contributed by atoms with Crippen LogP contribution in [0.2, 0.25) is 5.02 Å². The van der Waals surface area contributed by atoms with Crippen LogP contribution in [0.1, 0.15) is 21.6 Å². The lowest BCUT2D eigenvalue weighted by Gasteiger charge is -2.05. The summed E-state index contributed by atoms with van der Waals surface area (Å²) in [6.07, 6.45) is 0. The molecular formula is C17H16ClN5O. The van der Waals surface area contributed by atoms with Gasteiger partial charge in [-0.25, -0.2) is 4.68 Å². The van der Waals surface area contributed by atoms with Crippen molar-refractivity contribution >= 4 is 29.0 Å². The van der Waals surface area contributed by atoms with Gasteiger partial charge in [0.2, 0.25) is 0 Å². The molecule has 1 amide bonds. The van der Waals surface area contributed by atoms with E-state index in [-0.39, 0.29) is 11.5 Å². The topological polar surface area (TPSA) is 85.8 Å². The summed E-state index contributed by atoms with van der Waals surface area (Å²) in [6.45, 7) is 2.39. The van der Waals surface area contributed by atoms with E-state index in [0.717, 1.165) is 11.1 Å². The lowest BCUT2D eigenvalue weighted by Crippen LogP contribution is -2.15. The van der Waals surface area contributed by atoms with E-state index in [1.807, 2.05) is 43.3 Å². The molecule has 7 heteroatoms. The second-order valence-electron chi connectivity index (χ2n) is 5.43. The Balaban J connectivity index is 1.75. The summed E-state index contributed by atoms with van der Waals surface area (Å²) < 4.78 is 1.48. The van der Waals surface area contributed by atoms with Crippen LogP contribution in [0.5, 0.6) is 0 Å². The number of aromatic nitrogens is 3. The highest BCUT2D eigenvalue weighted by molar-refractivity contribution is 6.30. The first-order chi connectivity index (χ1) is 11.5. The van der Waals surface area contributed by atoms with Crippen molar-refractivity contribution in [3.05, 3.63) is 70.4 Å². The van der Waals surface area contributed by atoms with Crippen molar-refractivity contribution in [3.63, 3.8) is 0 Å². The SMILES string of the molecule is Cc1ccc(NC(=O)c2nnn(Cc3ccc(Cl)cc3)c2N)cc1. The third-order valence-electron chi connectivity index (χ3n) is 3.54. The number of amides is 1. The summed E-state index contributed by atoms with van der Waals surface area (Å²) >= 11 is 5.87. The number of halogens is 1. The fraction of sp³-hybridized carbons (Fsp3) is 0.118. The summed E-state index contributed by atoms with van der Waals surface area (Å²) in [5, 5.41) is 11.3. The number of nitrogens with zero attached hydrogens (tertiary/aromatic N) is 3. The number of nitrogens with one attached hydrogen (secondary N) is 1. The number of carbonyl (C=O) groups is 1. The molecule has 24 heavy (non-hydrogen) atoms. The zero-order valence-corrected chi connectivity index (χ0v) is 13.8. The predicted octanol–water partition coefficient (Wildman–Crippen LogP) is 3.12. The van der Waals surface area contributed by atoms with Crippen LogP contribution < -0.4 is 11.1 Å². The van der Waals surface area contributed by atoms with Gasteiger partial charge in [0.1, 0.15) is 0 Å². The Kier molecular flexibility index (Phi) is 4.48. The molecule has 1 heterocycles. The molecular weight excluding hydrogens is 326 g/mol. The number of nitrogens with two attached hydrogens (primary N) is 1. The van der Waals surface area contributed by atoms with E-state index in [2.05, 4.69) is 15.6 Å². The molecule has 0 unspecified atom stereocenters. The minimum Gasteiger partial charge on any atom is -0.382 e. The summed E-state index contributed by atoms with van der Waals surface area (Å²) in [4.78, 5) is 12.3. The monoisotopic (exact) mass is 341 g/mol. The second-order valence-corrected chi connectivity index (χ2v) is 5.86. The number of aryl methyl sites for hydroxylation is 1. The molecule has 0 bridgehead atoms. The number of anilines is 2. The van der Waals surface area contributed by atoms with Crippen molar-refractivity contribution in [1.82, 2.24) is 15.0 Å². The van der Waals surface area contributed by atoms with Crippen LogP contribution >= 0.6 is 11.6 Å². The van der Waals surface area contributed by atoms with Gasteiger partial charge in [-0.1, -0.05) is 46.6 Å². The largest absolute Gasteiger partial charge is 0.382 e. The van der Waals surface area contributed by atoms with Crippen LogP contribution in [0, 0.1) is 6.92 Å². The van der Waals surface area contributed by atoms with E-state index in [0.29, 0.717) is 17.3 Å². The zero-order chi connectivity index (χ0) is 17.1. The Morgan fingerprint density at radius 3 is 2.50 bits per heavy atom. The molecule has 6 nitrogen and oxygen atoms in total. The highest BCUT2D eigenvalue weighted by atomic mass is 35.5. The molecule has 0 radical (unpaired) electrons. The van der Waals surface area contributed by atoms with Crippen LogP contribution in [0.25, 0.3) is 0 Å². The Bertz CT molecular complexity index is 856. The Hall–Kier alpha value is -2.86. The third kappa shape index (κ3) is 3.55. The molecule has 3 rings (SSSR count). The van der Waals surface area contributed by atoms with Gasteiger partial charge in [0.15, 0.2) is 11.5 Å². The molecule has 0 aliphatic carbocycles. The van der Waals surface area contributed by atoms with Crippen molar-refractivity contribution in [1.29, 1.82) is 0 Å². The first kappa shape index (κ1) is 16.0. The van der Waals surface area contributed by atoms with Crippen LogP contribution in [0.4, 0.5) is 11.5 Å². The summed E-state index contributed by atoms with van der Waals surface area (Å²) in [7, 11) is 0. The van der Waals surface area contributed by atoms with E-state index in [1.165, 1.54) is 4.68 Å². The van der Waals surface area contributed by atoms with E-state index in [9.17, 15) is 4.79 Å². The Morgan fingerprint density at radius 2 is 1.83 bits per heavy atom. The fourth-order valence-electron chi connectivity index (χ4n) is 2.19. The van der Waals surface area contributed by atoms with Crippen molar-refractivity contribution in [3.8, 4) is 0 Å². The van der Waals surface area contributed by atoms with Crippen LogP contribution in [0.3, 0.4) is 0 Å². The Labute approximate surface area is 144 Å². The third-order valence-corrected chi connectivity index (χ3v) is 3.80. The van der Waals surface area contributed by atoms with E-state index in [4.69, 9.17) is 17.3 Å². The van der Waals surface area contributed by atoms with Gasteiger partial charge in [0.05, 0.1) is 6.54 Å². The molecule has 0 aliphatic rings. The van der Waals surface area contributed by atoms with Gasteiger partial charge in [-0.2, -0.15) is 0 Å². The average molecular weight is 342 g/mol. The zero-order valence-electron chi connectivity index (χ0n) is 13.0. The van der Waals surface area contributed by atoms with Gasteiger partial charge >= 0.3 is 0 Å². The number of benzene rings is 2. The molecule has 1 aromatic heterocycles. The number of hydrogen-bond donors (Lipinski definition) is 2. The van der Waals surface area contributed by atoms with E-state index >= 15 is 0 Å². The van der Waals surface area contributed by atoms with Gasteiger partial charge < -0.3 is 11.1 Å². The highest BCUT2D eigenvalue weighted by Crippen LogP contribution is 2.16. The quantitative estimate of drug-likeness (QED) is 0.763. The predicted molar refractivity (Wildman–Crippen MR) is 94.1 cm³/mol. The average Bonchev–Trinajstić information content (AvgIpc) is 2.93. The molecule has 0 saturated heterocycles. The van der Waals surface area contributed by atoms with Crippen LogP contribution in [0.15, 0.2) is 48.5 Å². The number of hydrogen-bond acceptors (Lipinski definition) is 4. The number of rotatable bonds is 4. The summed E-state index contributed by atoms with van der Waals surface area (Å²) in [5.41, 5.74) is 8.86. The lowest BCUT2D eigenvalue weighted by molar-refractivity contribution is 0.102. The van der Waals surface area contributed by atoms with Gasteiger partial charge in [-0.15, -0.1) is 5.10 Å². The smallest absolute Gasteiger partial charge is 0.280 e. The van der Waals surface area contributed by atoms with Crippen molar-refractivity contribution < 1.29 is 4.79 Å². The fourth-order valence-corrected chi connectivity index (χ4v) is 2.31. The maximum Gasteiger partial charge on any atom is 0.280 e. The first-order valence-corrected chi connectivity index (χ1v) is 7.72. The standard InChI is InChI=1S/C17H16ClN5O/c1-11-2-8-14(9-3-11)20-17(24)15-16(19)23(22-21-15)10-12-4-6-13(18)7-5-12/h2-9H,10,19H2,1H3,(H,20,24). The molecule has 0 saturated carbocycles. The van der Waals surface area contributed by atoms with Crippen LogP contribution in [-0.2, 0) is 6.54 Å². The second kappa shape index (κ2) is 6.72. The van der Waals surface area contributed by atoms with Crippen molar-refractivity contribution in [2.75, 3.05) is 11.1 Å². The highest BCUT2D eigenvalue weighted by Gasteiger charge is 2.17. The summed E-state index contributed by atoms with van der Waals surface area (Å²) in [6, 6.07) is 14.8. The molecule has 3 N–H and O–H groups in total. The maximum absolute atomic E-state index is 12.3. The molecule has 122 valence electrons. The van der Waals surface area contributed by atoms with Crippen molar-refractivity contribution in [2.24, 2.45) is 0 Å². The normalized spacial score (nSPS) is 10.6. The first-order valence-electron chi connectivity index (χ1n) is 7.34. The molecule has 3 aromatic rings. The van der Waals surface area contributed by atoms with Crippen molar-refractivity contribution in [2.45, 2.75) is 13.5 Å². The molecule has 0 aliphatic heterocycles. The minimum atomic E-state index is -0.390. The maximum atomic E-state index is 12.3. The van der Waals surface area contributed by atoms with E-state index < -0.39 is 5.91 Å². The Morgan fingerprint density at radius 1 is 1.17 bits per heavy atom. The lowest BCUT2D eigenvalue weighted by atomic mass is 10.2. The minimum absolute atomic E-state index is 0.101. The van der Waals surface area contributed by atoms with Gasteiger partial charge in [-0.05, 0) is 36.8 Å². The van der Waals surface area contributed by atoms with Gasteiger partial charge in [0, 0.05) is 10.7 Å². The molecule has 0 spiro atoms. The van der Waals surface area contributed by atoms with Crippen LogP contribution in [-0.4, -0.2) is 20.9 Å². The van der Waals surface area contributed by atoms with Gasteiger partial charge in [0.25, 0.3) is 5.91 Å². The number of carbonyl (C=O) groups excluding carboxylic acids is 1. The molecule has 0 fully saturated rings. The molecule has 0 atom stereocenters. The van der Waals surface area contributed by atoms with Gasteiger partial charge in [-0.3, -0.25) is 4.79 Å². The summed E-state index contributed by atoms with van der Waals surface area (Å²) in [5.74, 6) is -0.173.